The summed E-state index contributed by atoms with van der Waals surface area (Å²) in [6, 6.07) is -0.0296. The maximum absolute atomic E-state index is 11.3. The SMILES string of the molecule is CC(C(=O)O)C(=O)NC1CCCOC1. The van der Waals surface area contributed by atoms with Gasteiger partial charge in [0.25, 0.3) is 0 Å². The van der Waals surface area contributed by atoms with Gasteiger partial charge in [-0.25, -0.2) is 0 Å². The topological polar surface area (TPSA) is 75.6 Å². The van der Waals surface area contributed by atoms with Crippen LogP contribution in [-0.4, -0.2) is 36.2 Å². The van der Waals surface area contributed by atoms with E-state index in [1.165, 1.54) is 6.92 Å². The van der Waals surface area contributed by atoms with Crippen LogP contribution in [-0.2, 0) is 14.3 Å². The lowest BCUT2D eigenvalue weighted by atomic mass is 10.1. The molecule has 0 aromatic heterocycles. The molecular weight excluding hydrogens is 186 g/mol. The van der Waals surface area contributed by atoms with E-state index in [2.05, 4.69) is 5.32 Å². The summed E-state index contributed by atoms with van der Waals surface area (Å²) in [4.78, 5) is 21.8. The van der Waals surface area contributed by atoms with Crippen LogP contribution in [0.5, 0.6) is 0 Å². The van der Waals surface area contributed by atoms with Crippen molar-refractivity contribution in [2.45, 2.75) is 25.8 Å². The molecule has 1 rings (SSSR count). The Morgan fingerprint density at radius 2 is 2.29 bits per heavy atom. The number of hydrogen-bond donors (Lipinski definition) is 2. The maximum Gasteiger partial charge on any atom is 0.315 e. The summed E-state index contributed by atoms with van der Waals surface area (Å²) < 4.78 is 5.16. The lowest BCUT2D eigenvalue weighted by Gasteiger charge is -2.23. The standard InChI is InChI=1S/C9H15NO4/c1-6(9(12)13)8(11)10-7-3-2-4-14-5-7/h6-7H,2-5H2,1H3,(H,10,11)(H,12,13). The Bertz CT molecular complexity index is 223. The first-order valence-corrected chi connectivity index (χ1v) is 4.72. The van der Waals surface area contributed by atoms with Crippen LogP contribution in [0.2, 0.25) is 0 Å². The molecule has 0 aromatic carbocycles. The highest BCUT2D eigenvalue weighted by atomic mass is 16.5. The highest BCUT2D eigenvalue weighted by Crippen LogP contribution is 2.06. The lowest BCUT2D eigenvalue weighted by Crippen LogP contribution is -2.44. The van der Waals surface area contributed by atoms with Gasteiger partial charge in [-0.2, -0.15) is 0 Å². The molecular formula is C9H15NO4. The quantitative estimate of drug-likeness (QED) is 0.630. The third-order valence-corrected chi connectivity index (χ3v) is 2.27. The number of nitrogens with one attached hydrogen (secondary N) is 1. The van der Waals surface area contributed by atoms with Crippen molar-refractivity contribution in [3.63, 3.8) is 0 Å². The van der Waals surface area contributed by atoms with Gasteiger partial charge in [0.1, 0.15) is 5.92 Å². The van der Waals surface area contributed by atoms with Crippen LogP contribution in [0, 0.1) is 5.92 Å². The summed E-state index contributed by atoms with van der Waals surface area (Å²) in [6.45, 7) is 2.58. The van der Waals surface area contributed by atoms with Crippen molar-refractivity contribution in [1.29, 1.82) is 0 Å². The number of aliphatic carboxylic acids is 1. The van der Waals surface area contributed by atoms with E-state index < -0.39 is 17.8 Å². The van der Waals surface area contributed by atoms with Gasteiger partial charge in [-0.15, -0.1) is 0 Å². The molecule has 5 nitrogen and oxygen atoms in total. The van der Waals surface area contributed by atoms with Gasteiger partial charge >= 0.3 is 5.97 Å². The molecule has 1 heterocycles. The zero-order chi connectivity index (χ0) is 10.6. The Hall–Kier alpha value is -1.10. The van der Waals surface area contributed by atoms with Crippen molar-refractivity contribution >= 4 is 11.9 Å². The predicted molar refractivity (Wildman–Crippen MR) is 48.8 cm³/mol. The minimum Gasteiger partial charge on any atom is -0.481 e. The zero-order valence-corrected chi connectivity index (χ0v) is 8.16. The fraction of sp³-hybridized carbons (Fsp3) is 0.778. The molecule has 2 N–H and O–H groups in total. The van der Waals surface area contributed by atoms with Crippen molar-refractivity contribution in [2.75, 3.05) is 13.2 Å². The second-order valence-electron chi connectivity index (χ2n) is 3.48. The largest absolute Gasteiger partial charge is 0.481 e. The van der Waals surface area contributed by atoms with Crippen molar-refractivity contribution < 1.29 is 19.4 Å². The van der Waals surface area contributed by atoms with Crippen LogP contribution in [0.3, 0.4) is 0 Å². The van der Waals surface area contributed by atoms with Crippen molar-refractivity contribution in [2.24, 2.45) is 5.92 Å². The molecule has 0 aromatic rings. The molecule has 2 unspecified atom stereocenters. The second-order valence-corrected chi connectivity index (χ2v) is 3.48. The number of carbonyl (C=O) groups excluding carboxylic acids is 1. The Morgan fingerprint density at radius 1 is 1.57 bits per heavy atom. The smallest absolute Gasteiger partial charge is 0.315 e. The van der Waals surface area contributed by atoms with Gasteiger partial charge in [-0.05, 0) is 19.8 Å². The summed E-state index contributed by atoms with van der Waals surface area (Å²) in [5, 5.41) is 11.2. The molecule has 2 atom stereocenters. The fourth-order valence-electron chi connectivity index (χ4n) is 1.29. The molecule has 0 radical (unpaired) electrons. The number of amides is 1. The average Bonchev–Trinajstić information content (AvgIpc) is 2.18. The minimum atomic E-state index is -1.10. The number of carbonyl (C=O) groups is 2. The van der Waals surface area contributed by atoms with Gasteiger partial charge in [-0.3, -0.25) is 9.59 Å². The molecule has 5 heteroatoms. The number of carboxylic acid groups (broad SMARTS) is 1. The molecule has 0 spiro atoms. The number of rotatable bonds is 3. The summed E-state index contributed by atoms with van der Waals surface area (Å²) in [6.07, 6.45) is 1.77. The number of hydrogen-bond acceptors (Lipinski definition) is 3. The summed E-state index contributed by atoms with van der Waals surface area (Å²) in [5.74, 6) is -2.52. The Morgan fingerprint density at radius 3 is 2.79 bits per heavy atom. The summed E-state index contributed by atoms with van der Waals surface area (Å²) >= 11 is 0. The predicted octanol–water partition coefficient (Wildman–Crippen LogP) is 0.00230. The van der Waals surface area contributed by atoms with Crippen LogP contribution in [0.15, 0.2) is 0 Å². The van der Waals surface area contributed by atoms with E-state index in [9.17, 15) is 9.59 Å². The van der Waals surface area contributed by atoms with Crippen molar-refractivity contribution in [3.05, 3.63) is 0 Å². The average molecular weight is 201 g/mol. The number of ether oxygens (including phenoxy) is 1. The Balaban J connectivity index is 2.35. The maximum atomic E-state index is 11.3. The van der Waals surface area contributed by atoms with E-state index in [-0.39, 0.29) is 6.04 Å². The van der Waals surface area contributed by atoms with E-state index in [4.69, 9.17) is 9.84 Å². The molecule has 1 fully saturated rings. The van der Waals surface area contributed by atoms with Crippen LogP contribution < -0.4 is 5.32 Å². The van der Waals surface area contributed by atoms with Crippen LogP contribution in [0.25, 0.3) is 0 Å². The molecule has 0 bridgehead atoms. The highest BCUT2D eigenvalue weighted by molar-refractivity contribution is 5.96. The van der Waals surface area contributed by atoms with Crippen LogP contribution in [0.1, 0.15) is 19.8 Å². The lowest BCUT2D eigenvalue weighted by molar-refractivity contribution is -0.146. The second kappa shape index (κ2) is 4.95. The molecule has 0 aliphatic carbocycles. The first-order valence-electron chi connectivity index (χ1n) is 4.72. The summed E-state index contributed by atoms with van der Waals surface area (Å²) in [7, 11) is 0. The molecule has 1 saturated heterocycles. The van der Waals surface area contributed by atoms with E-state index in [0.29, 0.717) is 6.61 Å². The van der Waals surface area contributed by atoms with Gasteiger partial charge in [0.15, 0.2) is 0 Å². The third-order valence-electron chi connectivity index (χ3n) is 2.27. The van der Waals surface area contributed by atoms with Gasteiger partial charge < -0.3 is 15.2 Å². The third kappa shape index (κ3) is 2.99. The minimum absolute atomic E-state index is 0.0296. The van der Waals surface area contributed by atoms with Crippen molar-refractivity contribution in [1.82, 2.24) is 5.32 Å². The van der Waals surface area contributed by atoms with Crippen LogP contribution in [0.4, 0.5) is 0 Å². The van der Waals surface area contributed by atoms with Crippen molar-refractivity contribution in [3.8, 4) is 0 Å². The van der Waals surface area contributed by atoms with E-state index >= 15 is 0 Å². The molecule has 14 heavy (non-hydrogen) atoms. The fourth-order valence-corrected chi connectivity index (χ4v) is 1.29. The highest BCUT2D eigenvalue weighted by Gasteiger charge is 2.24. The van der Waals surface area contributed by atoms with Crippen LogP contribution >= 0.6 is 0 Å². The van der Waals surface area contributed by atoms with Gasteiger partial charge in [0, 0.05) is 6.61 Å². The molecule has 80 valence electrons. The molecule has 1 aliphatic rings. The van der Waals surface area contributed by atoms with Gasteiger partial charge in [-0.1, -0.05) is 0 Å². The first kappa shape index (κ1) is 11.0. The monoisotopic (exact) mass is 201 g/mol. The summed E-state index contributed by atoms with van der Waals surface area (Å²) in [5.41, 5.74) is 0. The Labute approximate surface area is 82.4 Å². The zero-order valence-electron chi connectivity index (χ0n) is 8.16. The van der Waals surface area contributed by atoms with Gasteiger partial charge in [0.2, 0.25) is 5.91 Å². The normalized spacial score (nSPS) is 23.9. The van der Waals surface area contributed by atoms with E-state index in [1.807, 2.05) is 0 Å². The Kier molecular flexibility index (Phi) is 3.88. The molecule has 1 aliphatic heterocycles. The molecule has 1 amide bonds. The number of carboxylic acids is 1. The van der Waals surface area contributed by atoms with E-state index in [1.54, 1.807) is 0 Å². The van der Waals surface area contributed by atoms with E-state index in [0.717, 1.165) is 19.4 Å². The first-order chi connectivity index (χ1) is 6.61. The molecule has 0 saturated carbocycles. The van der Waals surface area contributed by atoms with Gasteiger partial charge in [0.05, 0.1) is 12.6 Å².